The second kappa shape index (κ2) is 9.83. The molecule has 0 aliphatic carbocycles. The lowest BCUT2D eigenvalue weighted by Gasteiger charge is -2.29. The van der Waals surface area contributed by atoms with Crippen molar-refractivity contribution in [2.75, 3.05) is 31.1 Å². The third-order valence-corrected chi connectivity index (χ3v) is 5.46. The van der Waals surface area contributed by atoms with Crippen molar-refractivity contribution in [3.8, 4) is 0 Å². The Bertz CT molecular complexity index is 472. The summed E-state index contributed by atoms with van der Waals surface area (Å²) >= 11 is 1.48. The second-order valence-electron chi connectivity index (χ2n) is 6.03. The van der Waals surface area contributed by atoms with Crippen molar-refractivity contribution in [1.29, 1.82) is 0 Å². The third kappa shape index (κ3) is 6.07. The first kappa shape index (κ1) is 18.1. The molecular weight excluding hydrogens is 308 g/mol. The highest BCUT2D eigenvalue weighted by molar-refractivity contribution is 8.00. The number of anilines is 1. The normalized spacial score (nSPS) is 16.3. The zero-order valence-corrected chi connectivity index (χ0v) is 14.8. The van der Waals surface area contributed by atoms with Gasteiger partial charge in [0.25, 0.3) is 0 Å². The summed E-state index contributed by atoms with van der Waals surface area (Å²) in [6, 6.07) is 8.35. The SMILES string of the molecule is CCCCCCC(Sc1ccc(N2CCNCC2)cc1)C(=O)O. The van der Waals surface area contributed by atoms with Crippen LogP contribution in [0.3, 0.4) is 0 Å². The van der Waals surface area contributed by atoms with Crippen LogP contribution in [-0.4, -0.2) is 42.5 Å². The number of hydrogen-bond acceptors (Lipinski definition) is 4. The van der Waals surface area contributed by atoms with Gasteiger partial charge < -0.3 is 15.3 Å². The van der Waals surface area contributed by atoms with Gasteiger partial charge in [0, 0.05) is 36.8 Å². The van der Waals surface area contributed by atoms with E-state index >= 15 is 0 Å². The molecule has 1 fully saturated rings. The van der Waals surface area contributed by atoms with Crippen LogP contribution in [-0.2, 0) is 4.79 Å². The minimum Gasteiger partial charge on any atom is -0.480 e. The molecule has 0 bridgehead atoms. The molecule has 0 radical (unpaired) electrons. The lowest BCUT2D eigenvalue weighted by molar-refractivity contribution is -0.136. The molecule has 1 heterocycles. The molecule has 4 nitrogen and oxygen atoms in total. The summed E-state index contributed by atoms with van der Waals surface area (Å²) < 4.78 is 0. The highest BCUT2D eigenvalue weighted by Crippen LogP contribution is 2.29. The monoisotopic (exact) mass is 336 g/mol. The first-order valence-corrected chi connectivity index (χ1v) is 9.54. The van der Waals surface area contributed by atoms with Gasteiger partial charge in [0.05, 0.1) is 0 Å². The van der Waals surface area contributed by atoms with Crippen LogP contribution in [0.1, 0.15) is 39.0 Å². The number of piperazine rings is 1. The highest BCUT2D eigenvalue weighted by Gasteiger charge is 2.18. The number of benzene rings is 1. The van der Waals surface area contributed by atoms with Gasteiger partial charge in [-0.2, -0.15) is 0 Å². The number of rotatable bonds is 9. The Morgan fingerprint density at radius 2 is 1.91 bits per heavy atom. The quantitative estimate of drug-likeness (QED) is 0.533. The predicted octanol–water partition coefficient (Wildman–Crippen LogP) is 3.61. The Morgan fingerprint density at radius 3 is 2.52 bits per heavy atom. The summed E-state index contributed by atoms with van der Waals surface area (Å²) in [5.41, 5.74) is 1.23. The summed E-state index contributed by atoms with van der Waals surface area (Å²) in [7, 11) is 0. The van der Waals surface area contributed by atoms with E-state index in [1.807, 2.05) is 0 Å². The molecule has 23 heavy (non-hydrogen) atoms. The van der Waals surface area contributed by atoms with Crippen LogP contribution in [0.2, 0.25) is 0 Å². The van der Waals surface area contributed by atoms with Crippen LogP contribution < -0.4 is 10.2 Å². The molecule has 5 heteroatoms. The van der Waals surface area contributed by atoms with E-state index < -0.39 is 5.97 Å². The maximum absolute atomic E-state index is 11.4. The number of carboxylic acid groups (broad SMARTS) is 1. The maximum atomic E-state index is 11.4. The molecule has 0 saturated carbocycles. The zero-order valence-electron chi connectivity index (χ0n) is 14.0. The van der Waals surface area contributed by atoms with Gasteiger partial charge in [0.1, 0.15) is 5.25 Å². The standard InChI is InChI=1S/C18H28N2O2S/c1-2-3-4-5-6-17(18(21)22)23-16-9-7-15(8-10-16)20-13-11-19-12-14-20/h7-10,17,19H,2-6,11-14H2,1H3,(H,21,22). The number of hydrogen-bond donors (Lipinski definition) is 2. The minimum absolute atomic E-state index is 0.336. The molecule has 0 amide bonds. The second-order valence-corrected chi connectivity index (χ2v) is 7.30. The van der Waals surface area contributed by atoms with E-state index in [0.717, 1.165) is 50.3 Å². The Morgan fingerprint density at radius 1 is 1.22 bits per heavy atom. The van der Waals surface area contributed by atoms with Crippen LogP contribution in [0.4, 0.5) is 5.69 Å². The fourth-order valence-corrected chi connectivity index (χ4v) is 3.82. The van der Waals surface area contributed by atoms with E-state index in [4.69, 9.17) is 0 Å². The molecule has 2 N–H and O–H groups in total. The van der Waals surface area contributed by atoms with Crippen molar-refractivity contribution in [1.82, 2.24) is 5.32 Å². The van der Waals surface area contributed by atoms with Crippen molar-refractivity contribution < 1.29 is 9.90 Å². The van der Waals surface area contributed by atoms with Crippen molar-refractivity contribution >= 4 is 23.4 Å². The number of nitrogens with one attached hydrogen (secondary N) is 1. The first-order valence-electron chi connectivity index (χ1n) is 8.66. The van der Waals surface area contributed by atoms with Crippen molar-refractivity contribution in [3.63, 3.8) is 0 Å². The topological polar surface area (TPSA) is 52.6 Å². The summed E-state index contributed by atoms with van der Waals surface area (Å²) in [6.45, 7) is 6.28. The number of nitrogens with zero attached hydrogens (tertiary/aromatic N) is 1. The Balaban J connectivity index is 1.87. The van der Waals surface area contributed by atoms with Gasteiger partial charge in [-0.3, -0.25) is 4.79 Å². The largest absolute Gasteiger partial charge is 0.480 e. The molecule has 0 spiro atoms. The van der Waals surface area contributed by atoms with Crippen molar-refractivity contribution in [3.05, 3.63) is 24.3 Å². The van der Waals surface area contributed by atoms with E-state index in [2.05, 4.69) is 41.4 Å². The van der Waals surface area contributed by atoms with Gasteiger partial charge in [-0.05, 0) is 30.7 Å². The molecule has 1 aromatic rings. The molecule has 0 aromatic heterocycles. The molecule has 1 atom stereocenters. The highest BCUT2D eigenvalue weighted by atomic mass is 32.2. The predicted molar refractivity (Wildman–Crippen MR) is 97.6 cm³/mol. The number of aliphatic carboxylic acids is 1. The molecule has 2 rings (SSSR count). The van der Waals surface area contributed by atoms with E-state index in [1.54, 1.807) is 0 Å². The van der Waals surface area contributed by atoms with E-state index in [1.165, 1.54) is 30.3 Å². The number of carboxylic acids is 1. The van der Waals surface area contributed by atoms with Crippen molar-refractivity contribution in [2.45, 2.75) is 49.2 Å². The first-order chi connectivity index (χ1) is 11.2. The molecule has 1 aromatic carbocycles. The number of carbonyl (C=O) groups is 1. The van der Waals surface area contributed by atoms with Gasteiger partial charge >= 0.3 is 5.97 Å². The van der Waals surface area contributed by atoms with Gasteiger partial charge in [-0.15, -0.1) is 11.8 Å². The Hall–Kier alpha value is -1.20. The summed E-state index contributed by atoms with van der Waals surface area (Å²) in [4.78, 5) is 14.9. The van der Waals surface area contributed by atoms with Gasteiger partial charge in [0.15, 0.2) is 0 Å². The molecular formula is C18H28N2O2S. The number of unbranched alkanes of at least 4 members (excludes halogenated alkanes) is 3. The van der Waals surface area contributed by atoms with Gasteiger partial charge in [-0.25, -0.2) is 0 Å². The van der Waals surface area contributed by atoms with Crippen molar-refractivity contribution in [2.24, 2.45) is 0 Å². The van der Waals surface area contributed by atoms with Gasteiger partial charge in [-0.1, -0.05) is 32.6 Å². The van der Waals surface area contributed by atoms with Crippen LogP contribution in [0.25, 0.3) is 0 Å². The fourth-order valence-electron chi connectivity index (χ4n) is 2.81. The molecule has 1 aliphatic rings. The van der Waals surface area contributed by atoms with E-state index in [9.17, 15) is 9.90 Å². The smallest absolute Gasteiger partial charge is 0.316 e. The average Bonchev–Trinajstić information content (AvgIpc) is 2.59. The Labute approximate surface area is 143 Å². The molecule has 1 aliphatic heterocycles. The lowest BCUT2D eigenvalue weighted by atomic mass is 10.1. The molecule has 1 unspecified atom stereocenters. The Kier molecular flexibility index (Phi) is 7.76. The summed E-state index contributed by atoms with van der Waals surface area (Å²) in [5.74, 6) is -0.697. The van der Waals surface area contributed by atoms with E-state index in [-0.39, 0.29) is 5.25 Å². The van der Waals surface area contributed by atoms with Crippen LogP contribution in [0, 0.1) is 0 Å². The van der Waals surface area contributed by atoms with Crippen LogP contribution >= 0.6 is 11.8 Å². The minimum atomic E-state index is -0.697. The molecule has 1 saturated heterocycles. The average molecular weight is 337 g/mol. The summed E-state index contributed by atoms with van der Waals surface area (Å²) in [6.07, 6.45) is 5.24. The third-order valence-electron chi connectivity index (χ3n) is 4.19. The van der Waals surface area contributed by atoms with Gasteiger partial charge in [0.2, 0.25) is 0 Å². The lowest BCUT2D eigenvalue weighted by Crippen LogP contribution is -2.43. The number of thioether (sulfide) groups is 1. The van der Waals surface area contributed by atoms with E-state index in [0.29, 0.717) is 0 Å². The fraction of sp³-hybridized carbons (Fsp3) is 0.611. The molecule has 128 valence electrons. The van der Waals surface area contributed by atoms with Crippen LogP contribution in [0.5, 0.6) is 0 Å². The van der Waals surface area contributed by atoms with Crippen LogP contribution in [0.15, 0.2) is 29.2 Å². The maximum Gasteiger partial charge on any atom is 0.316 e. The summed E-state index contributed by atoms with van der Waals surface area (Å²) in [5, 5.41) is 12.4. The zero-order chi connectivity index (χ0) is 16.5.